The fourth-order valence-electron chi connectivity index (χ4n) is 1.65. The van der Waals surface area contributed by atoms with Crippen LogP contribution in [-0.4, -0.2) is 46.7 Å². The summed E-state index contributed by atoms with van der Waals surface area (Å²) in [5, 5.41) is 17.3. The summed E-state index contributed by atoms with van der Waals surface area (Å²) >= 11 is 0. The lowest BCUT2D eigenvalue weighted by Gasteiger charge is -2.18. The molecule has 2 N–H and O–H groups in total. The zero-order chi connectivity index (χ0) is 13.1. The summed E-state index contributed by atoms with van der Waals surface area (Å²) in [5.41, 5.74) is 0. The molecule has 0 aromatic rings. The van der Waals surface area contributed by atoms with E-state index in [4.69, 9.17) is 10.2 Å². The van der Waals surface area contributed by atoms with Gasteiger partial charge in [-0.3, -0.25) is 14.5 Å². The molecule has 0 atom stereocenters. The van der Waals surface area contributed by atoms with Gasteiger partial charge in [0, 0.05) is 6.54 Å². The molecule has 0 fully saturated rings. The van der Waals surface area contributed by atoms with Gasteiger partial charge >= 0.3 is 11.9 Å². The molecule has 0 aliphatic heterocycles. The van der Waals surface area contributed by atoms with Crippen molar-refractivity contribution in [3.05, 3.63) is 0 Å². The number of hydrogen-bond donors (Lipinski definition) is 2. The second-order valence-corrected chi connectivity index (χ2v) is 4.23. The van der Waals surface area contributed by atoms with Crippen molar-refractivity contribution in [3.8, 4) is 0 Å². The first-order valence-electron chi connectivity index (χ1n) is 6.22. The molecule has 0 spiro atoms. The van der Waals surface area contributed by atoms with E-state index in [9.17, 15) is 9.59 Å². The molecule has 0 unspecified atom stereocenters. The van der Waals surface area contributed by atoms with Gasteiger partial charge in [-0.1, -0.05) is 32.6 Å². The molecule has 0 radical (unpaired) electrons. The molecule has 0 saturated carbocycles. The molecule has 0 rings (SSSR count). The minimum absolute atomic E-state index is 0.00222. The fraction of sp³-hybridized carbons (Fsp3) is 0.833. The van der Waals surface area contributed by atoms with Crippen molar-refractivity contribution < 1.29 is 19.8 Å². The average molecular weight is 245 g/mol. The lowest BCUT2D eigenvalue weighted by Crippen LogP contribution is -2.32. The highest BCUT2D eigenvalue weighted by Crippen LogP contribution is 2.04. The second kappa shape index (κ2) is 10.1. The Morgan fingerprint density at radius 3 is 2.12 bits per heavy atom. The van der Waals surface area contributed by atoms with Crippen LogP contribution in [0.4, 0.5) is 0 Å². The lowest BCUT2D eigenvalue weighted by atomic mass is 10.1. The van der Waals surface area contributed by atoms with Crippen LogP contribution < -0.4 is 0 Å². The van der Waals surface area contributed by atoms with Crippen LogP contribution in [0.25, 0.3) is 0 Å². The smallest absolute Gasteiger partial charge is 0.317 e. The maximum absolute atomic E-state index is 10.6. The summed E-state index contributed by atoms with van der Waals surface area (Å²) in [7, 11) is 0. The zero-order valence-electron chi connectivity index (χ0n) is 10.5. The van der Waals surface area contributed by atoms with Crippen LogP contribution in [0.1, 0.15) is 45.4 Å². The Balaban J connectivity index is 3.76. The molecule has 100 valence electrons. The van der Waals surface area contributed by atoms with Crippen molar-refractivity contribution in [1.29, 1.82) is 0 Å². The Labute approximate surface area is 102 Å². The standard InChI is InChI=1S/C12H23NO4/c1-2-3-4-5-6-8-13(10-12(16)17)9-7-11(14)15/h2-10H2,1H3,(H,14,15)(H,16,17). The van der Waals surface area contributed by atoms with Crippen molar-refractivity contribution in [3.63, 3.8) is 0 Å². The number of unbranched alkanes of at least 4 members (excludes halogenated alkanes) is 4. The monoisotopic (exact) mass is 245 g/mol. The molecular weight excluding hydrogens is 222 g/mol. The Morgan fingerprint density at radius 2 is 1.59 bits per heavy atom. The predicted molar refractivity (Wildman–Crippen MR) is 65.1 cm³/mol. The minimum atomic E-state index is -0.899. The number of hydrogen-bond acceptors (Lipinski definition) is 3. The van der Waals surface area contributed by atoms with Crippen LogP contribution >= 0.6 is 0 Å². The second-order valence-electron chi connectivity index (χ2n) is 4.23. The highest BCUT2D eigenvalue weighted by atomic mass is 16.4. The van der Waals surface area contributed by atoms with Gasteiger partial charge in [-0.2, -0.15) is 0 Å². The number of carbonyl (C=O) groups is 2. The van der Waals surface area contributed by atoms with Crippen LogP contribution in [0.5, 0.6) is 0 Å². The van der Waals surface area contributed by atoms with E-state index in [-0.39, 0.29) is 13.0 Å². The van der Waals surface area contributed by atoms with Gasteiger partial charge in [0.2, 0.25) is 0 Å². The van der Waals surface area contributed by atoms with E-state index in [0.717, 1.165) is 19.3 Å². The molecule has 0 aromatic heterocycles. The summed E-state index contributed by atoms with van der Waals surface area (Å²) in [6.07, 6.45) is 5.56. The van der Waals surface area contributed by atoms with Crippen LogP contribution in [-0.2, 0) is 9.59 Å². The van der Waals surface area contributed by atoms with Crippen LogP contribution in [0.15, 0.2) is 0 Å². The van der Waals surface area contributed by atoms with Crippen LogP contribution in [0.3, 0.4) is 0 Å². The largest absolute Gasteiger partial charge is 0.481 e. The molecule has 0 aliphatic carbocycles. The third kappa shape index (κ3) is 11.2. The molecule has 17 heavy (non-hydrogen) atoms. The number of nitrogens with zero attached hydrogens (tertiary/aromatic N) is 1. The highest BCUT2D eigenvalue weighted by Gasteiger charge is 2.10. The SMILES string of the molecule is CCCCCCCN(CCC(=O)O)CC(=O)O. The summed E-state index contributed by atoms with van der Waals surface area (Å²) in [6, 6.07) is 0. The molecule has 5 heteroatoms. The quantitative estimate of drug-likeness (QED) is 0.543. The summed E-state index contributed by atoms with van der Waals surface area (Å²) in [4.78, 5) is 22.7. The molecular formula is C12H23NO4. The van der Waals surface area contributed by atoms with Gasteiger partial charge in [-0.25, -0.2) is 0 Å². The topological polar surface area (TPSA) is 77.8 Å². The Morgan fingerprint density at radius 1 is 0.941 bits per heavy atom. The van der Waals surface area contributed by atoms with E-state index in [1.165, 1.54) is 12.8 Å². The molecule has 0 heterocycles. The van der Waals surface area contributed by atoms with Crippen molar-refractivity contribution in [2.75, 3.05) is 19.6 Å². The van der Waals surface area contributed by atoms with Gasteiger partial charge in [-0.15, -0.1) is 0 Å². The molecule has 0 aliphatic rings. The van der Waals surface area contributed by atoms with E-state index < -0.39 is 11.9 Å². The molecule has 0 saturated heterocycles. The van der Waals surface area contributed by atoms with Crippen molar-refractivity contribution in [2.24, 2.45) is 0 Å². The molecule has 0 amide bonds. The number of rotatable bonds is 11. The summed E-state index contributed by atoms with van der Waals surface area (Å²) < 4.78 is 0. The Bertz CT molecular complexity index is 231. The first-order valence-corrected chi connectivity index (χ1v) is 6.22. The van der Waals surface area contributed by atoms with Gasteiger partial charge in [0.05, 0.1) is 13.0 Å². The van der Waals surface area contributed by atoms with E-state index in [1.807, 2.05) is 0 Å². The van der Waals surface area contributed by atoms with Gasteiger partial charge in [-0.05, 0) is 13.0 Å². The van der Waals surface area contributed by atoms with Gasteiger partial charge in [0.15, 0.2) is 0 Å². The molecule has 0 bridgehead atoms. The minimum Gasteiger partial charge on any atom is -0.481 e. The fourth-order valence-corrected chi connectivity index (χ4v) is 1.65. The van der Waals surface area contributed by atoms with Crippen molar-refractivity contribution in [2.45, 2.75) is 45.4 Å². The maximum Gasteiger partial charge on any atom is 0.317 e. The number of aliphatic carboxylic acids is 2. The zero-order valence-corrected chi connectivity index (χ0v) is 10.5. The van der Waals surface area contributed by atoms with Gasteiger partial charge in [0.25, 0.3) is 0 Å². The predicted octanol–water partition coefficient (Wildman–Crippen LogP) is 1.82. The average Bonchev–Trinajstić information content (AvgIpc) is 2.24. The van der Waals surface area contributed by atoms with Gasteiger partial charge < -0.3 is 10.2 Å². The van der Waals surface area contributed by atoms with E-state index in [2.05, 4.69) is 6.92 Å². The third-order valence-electron chi connectivity index (χ3n) is 2.58. The number of carboxylic acids is 2. The van der Waals surface area contributed by atoms with Crippen molar-refractivity contribution in [1.82, 2.24) is 4.90 Å². The van der Waals surface area contributed by atoms with E-state index in [0.29, 0.717) is 13.1 Å². The van der Waals surface area contributed by atoms with Crippen LogP contribution in [0, 0.1) is 0 Å². The first-order chi connectivity index (χ1) is 8.06. The van der Waals surface area contributed by atoms with E-state index in [1.54, 1.807) is 4.90 Å². The molecule has 0 aromatic carbocycles. The van der Waals surface area contributed by atoms with Crippen molar-refractivity contribution >= 4 is 11.9 Å². The first kappa shape index (κ1) is 15.9. The van der Waals surface area contributed by atoms with Gasteiger partial charge in [0.1, 0.15) is 0 Å². The Kier molecular flexibility index (Phi) is 9.43. The summed E-state index contributed by atoms with van der Waals surface area (Å²) in [5.74, 6) is -1.78. The third-order valence-corrected chi connectivity index (χ3v) is 2.58. The normalized spacial score (nSPS) is 10.7. The Hall–Kier alpha value is -1.10. The summed E-state index contributed by atoms with van der Waals surface area (Å²) in [6.45, 7) is 3.06. The highest BCUT2D eigenvalue weighted by molar-refractivity contribution is 5.69. The van der Waals surface area contributed by atoms with E-state index >= 15 is 0 Å². The number of carboxylic acid groups (broad SMARTS) is 2. The maximum atomic E-state index is 10.6. The van der Waals surface area contributed by atoms with Crippen LogP contribution in [0.2, 0.25) is 0 Å². The lowest BCUT2D eigenvalue weighted by molar-refractivity contribution is -0.141. The molecule has 5 nitrogen and oxygen atoms in total.